The van der Waals surface area contributed by atoms with E-state index in [1.54, 1.807) is 24.3 Å². The van der Waals surface area contributed by atoms with Crippen LogP contribution in [0.3, 0.4) is 0 Å². The topological polar surface area (TPSA) is 66.5 Å². The molecule has 1 amide bonds. The van der Waals surface area contributed by atoms with Crippen molar-refractivity contribution in [2.24, 2.45) is 0 Å². The second-order valence-electron chi connectivity index (χ2n) is 4.38. The number of hydrogen-bond donors (Lipinski definition) is 1. The monoisotopic (exact) mass is 302 g/mol. The molecule has 1 aromatic carbocycles. The van der Waals surface area contributed by atoms with E-state index >= 15 is 0 Å². The molecule has 1 aliphatic rings. The van der Waals surface area contributed by atoms with E-state index in [-0.39, 0.29) is 24.6 Å². The van der Waals surface area contributed by atoms with Crippen molar-refractivity contribution in [3.63, 3.8) is 0 Å². The summed E-state index contributed by atoms with van der Waals surface area (Å²) in [6.07, 6.45) is 0.208. The van der Waals surface area contributed by atoms with E-state index in [1.165, 1.54) is 4.31 Å². The quantitative estimate of drug-likeness (QED) is 0.905. The molecule has 5 nitrogen and oxygen atoms in total. The van der Waals surface area contributed by atoms with Gasteiger partial charge in [-0.3, -0.25) is 4.79 Å². The van der Waals surface area contributed by atoms with Gasteiger partial charge in [0, 0.05) is 31.1 Å². The number of halogens is 1. The zero-order valence-corrected chi connectivity index (χ0v) is 11.9. The average Bonchev–Trinajstić information content (AvgIpc) is 2.57. The van der Waals surface area contributed by atoms with Gasteiger partial charge in [-0.05, 0) is 17.7 Å². The van der Waals surface area contributed by atoms with E-state index in [2.05, 4.69) is 5.32 Å². The molecule has 0 aliphatic carbocycles. The maximum atomic E-state index is 12.3. The van der Waals surface area contributed by atoms with Crippen molar-refractivity contribution in [1.82, 2.24) is 9.62 Å². The molecule has 1 saturated heterocycles. The van der Waals surface area contributed by atoms with Crippen LogP contribution >= 0.6 is 11.6 Å². The summed E-state index contributed by atoms with van der Waals surface area (Å²) in [6, 6.07) is 6.72. The first-order valence-corrected chi connectivity index (χ1v) is 7.95. The molecule has 7 heteroatoms. The smallest absolute Gasteiger partial charge is 0.221 e. The summed E-state index contributed by atoms with van der Waals surface area (Å²) in [5.74, 6) is -0.178. The van der Waals surface area contributed by atoms with Gasteiger partial charge in [0.1, 0.15) is 0 Å². The zero-order chi connectivity index (χ0) is 13.9. The molecule has 0 spiro atoms. The highest BCUT2D eigenvalue weighted by molar-refractivity contribution is 7.88. The van der Waals surface area contributed by atoms with Gasteiger partial charge in [-0.15, -0.1) is 0 Å². The predicted molar refractivity (Wildman–Crippen MR) is 73.3 cm³/mol. The van der Waals surface area contributed by atoms with Gasteiger partial charge in [0.25, 0.3) is 0 Å². The maximum absolute atomic E-state index is 12.3. The Bertz CT molecular complexity index is 557. The first-order valence-electron chi connectivity index (χ1n) is 5.96. The van der Waals surface area contributed by atoms with Crippen molar-refractivity contribution < 1.29 is 13.2 Å². The van der Waals surface area contributed by atoms with E-state index in [1.807, 2.05) is 0 Å². The van der Waals surface area contributed by atoms with E-state index in [0.717, 1.165) is 0 Å². The molecule has 1 aliphatic heterocycles. The van der Waals surface area contributed by atoms with Gasteiger partial charge in [0.05, 0.1) is 5.75 Å². The molecule has 0 aromatic heterocycles. The molecule has 19 heavy (non-hydrogen) atoms. The number of hydrogen-bond acceptors (Lipinski definition) is 3. The number of rotatable bonds is 3. The van der Waals surface area contributed by atoms with Crippen LogP contribution in [0, 0.1) is 0 Å². The van der Waals surface area contributed by atoms with Gasteiger partial charge in [0.2, 0.25) is 15.9 Å². The summed E-state index contributed by atoms with van der Waals surface area (Å²) < 4.78 is 25.9. The van der Waals surface area contributed by atoms with Crippen molar-refractivity contribution >= 4 is 27.5 Å². The summed E-state index contributed by atoms with van der Waals surface area (Å²) in [7, 11) is -3.40. The molecule has 1 aromatic rings. The molecule has 0 unspecified atom stereocenters. The van der Waals surface area contributed by atoms with E-state index in [9.17, 15) is 13.2 Å². The van der Waals surface area contributed by atoms with Crippen LogP contribution in [0.2, 0.25) is 5.02 Å². The Kier molecular flexibility index (Phi) is 4.44. The Morgan fingerprint density at radius 2 is 1.89 bits per heavy atom. The van der Waals surface area contributed by atoms with Crippen LogP contribution in [0.1, 0.15) is 12.0 Å². The highest BCUT2D eigenvalue weighted by Crippen LogP contribution is 2.15. The molecule has 0 radical (unpaired) electrons. The van der Waals surface area contributed by atoms with Crippen LogP contribution in [0.4, 0.5) is 0 Å². The fourth-order valence-electron chi connectivity index (χ4n) is 1.91. The highest BCUT2D eigenvalue weighted by atomic mass is 35.5. The molecule has 1 heterocycles. The molecule has 0 atom stereocenters. The normalized spacial score (nSPS) is 17.8. The minimum Gasteiger partial charge on any atom is -0.355 e. The first-order chi connectivity index (χ1) is 8.97. The minimum atomic E-state index is -3.40. The summed E-state index contributed by atoms with van der Waals surface area (Å²) in [5, 5.41) is 3.23. The van der Waals surface area contributed by atoms with Crippen molar-refractivity contribution in [3.8, 4) is 0 Å². The number of carbonyl (C=O) groups is 1. The van der Waals surface area contributed by atoms with Crippen LogP contribution in [-0.2, 0) is 20.6 Å². The number of sulfonamides is 1. The number of benzene rings is 1. The standard InChI is InChI=1S/C12H15ClN2O3S/c13-11-3-1-10(2-4-11)9-19(17,18)15-7-5-12(16)14-6-8-15/h1-4H,5-9H2,(H,14,16). The summed E-state index contributed by atoms with van der Waals surface area (Å²) in [6.45, 7) is 0.919. The van der Waals surface area contributed by atoms with Crippen molar-refractivity contribution in [1.29, 1.82) is 0 Å². The fourth-order valence-corrected chi connectivity index (χ4v) is 3.57. The first kappa shape index (κ1) is 14.3. The molecule has 2 rings (SSSR count). The lowest BCUT2D eigenvalue weighted by Gasteiger charge is -2.19. The zero-order valence-electron chi connectivity index (χ0n) is 10.3. The summed E-state index contributed by atoms with van der Waals surface area (Å²) in [4.78, 5) is 11.2. The lowest BCUT2D eigenvalue weighted by Crippen LogP contribution is -2.35. The number of nitrogens with zero attached hydrogens (tertiary/aromatic N) is 1. The van der Waals surface area contributed by atoms with E-state index in [4.69, 9.17) is 11.6 Å². The average molecular weight is 303 g/mol. The van der Waals surface area contributed by atoms with Gasteiger partial charge < -0.3 is 5.32 Å². The predicted octanol–water partition coefficient (Wildman–Crippen LogP) is 0.992. The van der Waals surface area contributed by atoms with Crippen molar-refractivity contribution in [2.75, 3.05) is 19.6 Å². The Balaban J connectivity index is 2.09. The highest BCUT2D eigenvalue weighted by Gasteiger charge is 2.25. The van der Waals surface area contributed by atoms with Crippen LogP contribution in [-0.4, -0.2) is 38.3 Å². The summed E-state index contributed by atoms with van der Waals surface area (Å²) in [5.41, 5.74) is 0.688. The Morgan fingerprint density at radius 3 is 2.58 bits per heavy atom. The SMILES string of the molecule is O=C1CCN(S(=O)(=O)Cc2ccc(Cl)cc2)CCN1. The molecule has 1 N–H and O–H groups in total. The third-order valence-electron chi connectivity index (χ3n) is 2.93. The van der Waals surface area contributed by atoms with Gasteiger partial charge in [-0.2, -0.15) is 4.31 Å². The Hall–Kier alpha value is -1.11. The van der Waals surface area contributed by atoms with Crippen molar-refractivity contribution in [3.05, 3.63) is 34.9 Å². The third kappa shape index (κ3) is 3.92. The number of nitrogens with one attached hydrogen (secondary N) is 1. The number of amides is 1. The third-order valence-corrected chi connectivity index (χ3v) is 5.03. The van der Waals surface area contributed by atoms with Crippen LogP contribution in [0.15, 0.2) is 24.3 Å². The van der Waals surface area contributed by atoms with E-state index < -0.39 is 10.0 Å². The van der Waals surface area contributed by atoms with E-state index in [0.29, 0.717) is 23.7 Å². The van der Waals surface area contributed by atoms with Gasteiger partial charge in [-0.1, -0.05) is 23.7 Å². The largest absolute Gasteiger partial charge is 0.355 e. The molecule has 0 bridgehead atoms. The molecule has 0 saturated carbocycles. The lowest BCUT2D eigenvalue weighted by atomic mass is 10.2. The fraction of sp³-hybridized carbons (Fsp3) is 0.417. The Labute approximate surface area is 117 Å². The molecule has 104 valence electrons. The minimum absolute atomic E-state index is 0.0711. The second kappa shape index (κ2) is 5.90. The van der Waals surface area contributed by atoms with Gasteiger partial charge in [0.15, 0.2) is 0 Å². The van der Waals surface area contributed by atoms with Gasteiger partial charge in [-0.25, -0.2) is 8.42 Å². The molecular formula is C12H15ClN2O3S. The van der Waals surface area contributed by atoms with Crippen LogP contribution in [0.25, 0.3) is 0 Å². The van der Waals surface area contributed by atoms with Crippen LogP contribution in [0.5, 0.6) is 0 Å². The lowest BCUT2D eigenvalue weighted by molar-refractivity contribution is -0.120. The second-order valence-corrected chi connectivity index (χ2v) is 6.79. The maximum Gasteiger partial charge on any atom is 0.221 e. The summed E-state index contributed by atoms with van der Waals surface area (Å²) >= 11 is 5.76. The van der Waals surface area contributed by atoms with Crippen molar-refractivity contribution in [2.45, 2.75) is 12.2 Å². The molecular weight excluding hydrogens is 288 g/mol. The molecule has 1 fully saturated rings. The Morgan fingerprint density at radius 1 is 1.21 bits per heavy atom. The van der Waals surface area contributed by atoms with Crippen LogP contribution < -0.4 is 5.32 Å². The number of carbonyl (C=O) groups excluding carboxylic acids is 1. The van der Waals surface area contributed by atoms with Gasteiger partial charge >= 0.3 is 0 Å².